The molecule has 1 heterocycles. The molecule has 1 saturated carbocycles. The van der Waals surface area contributed by atoms with Crippen LogP contribution < -0.4 is 5.73 Å². The van der Waals surface area contributed by atoms with Crippen molar-refractivity contribution in [3.8, 4) is 0 Å². The molecular weight excluding hydrogens is 178 g/mol. The van der Waals surface area contributed by atoms with Crippen molar-refractivity contribution in [2.45, 2.75) is 31.6 Å². The molecule has 0 radical (unpaired) electrons. The normalized spacial score (nSPS) is 18.4. The Morgan fingerprint density at radius 1 is 1.43 bits per heavy atom. The molecule has 1 aromatic rings. The second-order valence-electron chi connectivity index (χ2n) is 3.61. The second kappa shape index (κ2) is 4.37. The Balaban J connectivity index is 2.05. The maximum Gasteiger partial charge on any atom is 0.250 e. The maximum atomic E-state index is 5.33. The number of aromatic nitrogens is 2. The van der Waals surface area contributed by atoms with Crippen molar-refractivity contribution in [1.82, 2.24) is 10.1 Å². The van der Waals surface area contributed by atoms with Crippen LogP contribution in [0.4, 0.5) is 0 Å². The summed E-state index contributed by atoms with van der Waals surface area (Å²) >= 11 is 0. The van der Waals surface area contributed by atoms with E-state index in [9.17, 15) is 0 Å². The van der Waals surface area contributed by atoms with Crippen molar-refractivity contribution >= 4 is 6.08 Å². The van der Waals surface area contributed by atoms with Crippen LogP contribution >= 0.6 is 0 Å². The minimum Gasteiger partial charge on any atom is -0.335 e. The molecule has 0 bridgehead atoms. The van der Waals surface area contributed by atoms with Gasteiger partial charge in [0.2, 0.25) is 5.89 Å². The molecule has 76 valence electrons. The van der Waals surface area contributed by atoms with Gasteiger partial charge in [0, 0.05) is 18.5 Å². The highest BCUT2D eigenvalue weighted by molar-refractivity contribution is 5.37. The fourth-order valence-corrected chi connectivity index (χ4v) is 1.83. The lowest BCUT2D eigenvalue weighted by Crippen LogP contribution is -1.94. The van der Waals surface area contributed by atoms with Gasteiger partial charge in [0.25, 0.3) is 0 Å². The highest BCUT2D eigenvalue weighted by Crippen LogP contribution is 2.32. The van der Waals surface area contributed by atoms with Gasteiger partial charge < -0.3 is 10.3 Å². The highest BCUT2D eigenvalue weighted by atomic mass is 16.5. The summed E-state index contributed by atoms with van der Waals surface area (Å²) in [5.74, 6) is 1.94. The third kappa shape index (κ3) is 2.01. The first kappa shape index (κ1) is 9.40. The lowest BCUT2D eigenvalue weighted by atomic mass is 10.1. The number of nitrogens with two attached hydrogens (primary N) is 1. The number of hydrogen-bond acceptors (Lipinski definition) is 4. The monoisotopic (exact) mass is 193 g/mol. The fourth-order valence-electron chi connectivity index (χ4n) is 1.83. The van der Waals surface area contributed by atoms with Crippen LogP contribution in [0.25, 0.3) is 6.08 Å². The summed E-state index contributed by atoms with van der Waals surface area (Å²) in [6.07, 6.45) is 8.54. The van der Waals surface area contributed by atoms with Gasteiger partial charge in [-0.3, -0.25) is 0 Å². The first-order valence-electron chi connectivity index (χ1n) is 5.10. The minimum atomic E-state index is 0.501. The lowest BCUT2D eigenvalue weighted by Gasteiger charge is -1.98. The Hall–Kier alpha value is -1.16. The van der Waals surface area contributed by atoms with Crippen LogP contribution in [0.2, 0.25) is 0 Å². The van der Waals surface area contributed by atoms with E-state index in [0.717, 1.165) is 5.82 Å². The van der Waals surface area contributed by atoms with Crippen LogP contribution in [0.5, 0.6) is 0 Å². The zero-order valence-electron chi connectivity index (χ0n) is 8.15. The topological polar surface area (TPSA) is 64.9 Å². The zero-order chi connectivity index (χ0) is 9.80. The van der Waals surface area contributed by atoms with E-state index in [1.165, 1.54) is 25.7 Å². The van der Waals surface area contributed by atoms with Gasteiger partial charge >= 0.3 is 0 Å². The predicted molar refractivity (Wildman–Crippen MR) is 53.6 cm³/mol. The van der Waals surface area contributed by atoms with Crippen molar-refractivity contribution in [2.75, 3.05) is 6.54 Å². The van der Waals surface area contributed by atoms with Crippen LogP contribution in [0, 0.1) is 0 Å². The third-order valence-corrected chi connectivity index (χ3v) is 2.57. The summed E-state index contributed by atoms with van der Waals surface area (Å²) in [6, 6.07) is 0. The molecular formula is C10H15N3O. The molecule has 1 aliphatic rings. The van der Waals surface area contributed by atoms with Gasteiger partial charge in [0.15, 0.2) is 5.82 Å². The van der Waals surface area contributed by atoms with Gasteiger partial charge in [0.1, 0.15) is 0 Å². The average Bonchev–Trinajstić information content (AvgIpc) is 2.85. The van der Waals surface area contributed by atoms with Gasteiger partial charge in [-0.05, 0) is 12.8 Å². The number of nitrogens with zero attached hydrogens (tertiary/aromatic N) is 2. The molecule has 1 aromatic heterocycles. The van der Waals surface area contributed by atoms with E-state index >= 15 is 0 Å². The molecule has 2 N–H and O–H groups in total. The molecule has 2 rings (SSSR count). The largest absolute Gasteiger partial charge is 0.335 e. The first-order chi connectivity index (χ1) is 6.90. The van der Waals surface area contributed by atoms with E-state index < -0.39 is 0 Å². The summed E-state index contributed by atoms with van der Waals surface area (Å²) < 4.78 is 5.08. The van der Waals surface area contributed by atoms with Crippen LogP contribution in [0.1, 0.15) is 43.3 Å². The van der Waals surface area contributed by atoms with E-state index in [2.05, 4.69) is 10.1 Å². The molecule has 0 aromatic carbocycles. The summed E-state index contributed by atoms with van der Waals surface area (Å²) in [6.45, 7) is 0.501. The third-order valence-electron chi connectivity index (χ3n) is 2.57. The zero-order valence-corrected chi connectivity index (χ0v) is 8.15. The number of hydrogen-bond donors (Lipinski definition) is 1. The minimum absolute atomic E-state index is 0.501. The molecule has 0 aliphatic heterocycles. The Morgan fingerprint density at radius 2 is 2.21 bits per heavy atom. The molecule has 14 heavy (non-hydrogen) atoms. The predicted octanol–water partition coefficient (Wildman–Crippen LogP) is 1.70. The van der Waals surface area contributed by atoms with E-state index in [1.54, 1.807) is 6.08 Å². The summed E-state index contributed by atoms with van der Waals surface area (Å²) in [4.78, 5) is 4.31. The Bertz CT molecular complexity index is 313. The molecule has 0 atom stereocenters. The first-order valence-corrected chi connectivity index (χ1v) is 5.10. The van der Waals surface area contributed by atoms with E-state index in [1.807, 2.05) is 6.08 Å². The molecule has 0 saturated heterocycles. The summed E-state index contributed by atoms with van der Waals surface area (Å²) in [5.41, 5.74) is 5.33. The molecule has 1 fully saturated rings. The van der Waals surface area contributed by atoms with Crippen molar-refractivity contribution in [3.05, 3.63) is 17.8 Å². The highest BCUT2D eigenvalue weighted by Gasteiger charge is 2.21. The molecule has 4 heteroatoms. The Kier molecular flexibility index (Phi) is 2.93. The quantitative estimate of drug-likeness (QED) is 0.793. The molecule has 0 unspecified atom stereocenters. The molecule has 4 nitrogen and oxygen atoms in total. The Morgan fingerprint density at radius 3 is 2.93 bits per heavy atom. The second-order valence-corrected chi connectivity index (χ2v) is 3.61. The standard InChI is InChI=1S/C10H15N3O/c11-7-3-6-9-12-10(13-14-9)8-4-1-2-5-8/h3,6,8H,1-2,4-5,7,11H2/b6-3+. The maximum absolute atomic E-state index is 5.33. The van der Waals surface area contributed by atoms with Gasteiger partial charge in [-0.2, -0.15) is 4.98 Å². The summed E-state index contributed by atoms with van der Waals surface area (Å²) in [7, 11) is 0. The van der Waals surface area contributed by atoms with Crippen molar-refractivity contribution in [2.24, 2.45) is 5.73 Å². The lowest BCUT2D eigenvalue weighted by molar-refractivity contribution is 0.397. The van der Waals surface area contributed by atoms with Crippen molar-refractivity contribution < 1.29 is 4.52 Å². The van der Waals surface area contributed by atoms with Gasteiger partial charge in [-0.15, -0.1) is 0 Å². The van der Waals surface area contributed by atoms with E-state index in [-0.39, 0.29) is 0 Å². The van der Waals surface area contributed by atoms with Crippen LogP contribution in [0.15, 0.2) is 10.6 Å². The van der Waals surface area contributed by atoms with E-state index in [4.69, 9.17) is 10.3 Å². The Labute approximate surface area is 83.2 Å². The average molecular weight is 193 g/mol. The van der Waals surface area contributed by atoms with Crippen molar-refractivity contribution in [1.29, 1.82) is 0 Å². The van der Waals surface area contributed by atoms with E-state index in [0.29, 0.717) is 18.4 Å². The van der Waals surface area contributed by atoms with Crippen molar-refractivity contribution in [3.63, 3.8) is 0 Å². The SMILES string of the molecule is NC/C=C/c1nc(C2CCCC2)no1. The molecule has 0 amide bonds. The van der Waals surface area contributed by atoms with Crippen LogP contribution in [-0.4, -0.2) is 16.7 Å². The smallest absolute Gasteiger partial charge is 0.250 e. The van der Waals surface area contributed by atoms with Gasteiger partial charge in [-0.25, -0.2) is 0 Å². The van der Waals surface area contributed by atoms with Crippen LogP contribution in [0.3, 0.4) is 0 Å². The number of rotatable bonds is 3. The van der Waals surface area contributed by atoms with Gasteiger partial charge in [0.05, 0.1) is 0 Å². The molecule has 1 aliphatic carbocycles. The van der Waals surface area contributed by atoms with Gasteiger partial charge in [-0.1, -0.05) is 24.1 Å². The molecule has 0 spiro atoms. The fraction of sp³-hybridized carbons (Fsp3) is 0.600. The van der Waals surface area contributed by atoms with Crippen LogP contribution in [-0.2, 0) is 0 Å². The summed E-state index contributed by atoms with van der Waals surface area (Å²) in [5, 5.41) is 3.97.